The average Bonchev–Trinajstić information content (AvgIpc) is 3.21. The molecule has 0 aliphatic heterocycles. The molecule has 0 spiro atoms. The van der Waals surface area contributed by atoms with Gasteiger partial charge in [0.25, 0.3) is 0 Å². The third kappa shape index (κ3) is 5.12. The van der Waals surface area contributed by atoms with Gasteiger partial charge in [-0.25, -0.2) is 9.97 Å². The lowest BCUT2D eigenvalue weighted by atomic mass is 10.3. The molecule has 3 aromatic rings. The predicted octanol–water partition coefficient (Wildman–Crippen LogP) is 2.90. The Bertz CT molecular complexity index is 635. The number of carbonyl (C=O) groups is 1. The lowest BCUT2D eigenvalue weighted by Gasteiger charge is -2.03. The number of H-pyrrole nitrogens is 2. The summed E-state index contributed by atoms with van der Waals surface area (Å²) in [5.41, 5.74) is 1.03. The molecule has 2 aromatic heterocycles. The molecule has 0 aliphatic rings. The van der Waals surface area contributed by atoms with Crippen molar-refractivity contribution in [2.45, 2.75) is 6.54 Å². The first kappa shape index (κ1) is 14.8. The number of benzene rings is 1. The van der Waals surface area contributed by atoms with E-state index in [1.807, 2.05) is 24.3 Å². The van der Waals surface area contributed by atoms with Crippen LogP contribution in [0.3, 0.4) is 0 Å². The van der Waals surface area contributed by atoms with Crippen molar-refractivity contribution >= 4 is 23.6 Å². The van der Waals surface area contributed by atoms with E-state index in [0.29, 0.717) is 18.7 Å². The Morgan fingerprint density at radius 1 is 1.10 bits per heavy atom. The van der Waals surface area contributed by atoms with Gasteiger partial charge in [-0.15, -0.1) is 0 Å². The average molecular weight is 304 g/mol. The quantitative estimate of drug-likeness (QED) is 0.647. The SMILES string of the molecule is Clc1ccc(NCc2ncc[nH]2)cc1.O=Cc1ncc[nH]1. The first-order valence-electron chi connectivity index (χ1n) is 6.20. The molecule has 0 atom stereocenters. The van der Waals surface area contributed by atoms with Gasteiger partial charge in [0.15, 0.2) is 12.1 Å². The fraction of sp³-hybridized carbons (Fsp3) is 0.0714. The maximum absolute atomic E-state index is 9.77. The van der Waals surface area contributed by atoms with E-state index in [-0.39, 0.29) is 0 Å². The topological polar surface area (TPSA) is 86.5 Å². The smallest absolute Gasteiger partial charge is 0.185 e. The molecule has 0 unspecified atom stereocenters. The van der Waals surface area contributed by atoms with Crippen LogP contribution in [0.4, 0.5) is 5.69 Å². The molecule has 0 saturated carbocycles. The Labute approximate surface area is 126 Å². The van der Waals surface area contributed by atoms with Crippen LogP contribution in [0.1, 0.15) is 16.4 Å². The Morgan fingerprint density at radius 2 is 1.81 bits per heavy atom. The van der Waals surface area contributed by atoms with Crippen LogP contribution in [0.5, 0.6) is 0 Å². The van der Waals surface area contributed by atoms with Gasteiger partial charge in [-0.1, -0.05) is 11.6 Å². The van der Waals surface area contributed by atoms with E-state index in [1.165, 1.54) is 6.20 Å². The van der Waals surface area contributed by atoms with Gasteiger partial charge in [0.05, 0.1) is 6.54 Å². The Balaban J connectivity index is 0.000000194. The summed E-state index contributed by atoms with van der Waals surface area (Å²) in [6, 6.07) is 7.58. The van der Waals surface area contributed by atoms with Crippen LogP contribution in [0.15, 0.2) is 49.1 Å². The van der Waals surface area contributed by atoms with Gasteiger partial charge in [-0.05, 0) is 24.3 Å². The van der Waals surface area contributed by atoms with E-state index < -0.39 is 0 Å². The highest BCUT2D eigenvalue weighted by molar-refractivity contribution is 6.30. The highest BCUT2D eigenvalue weighted by Crippen LogP contribution is 2.13. The molecule has 7 heteroatoms. The van der Waals surface area contributed by atoms with Crippen LogP contribution in [0, 0.1) is 0 Å². The Morgan fingerprint density at radius 3 is 2.33 bits per heavy atom. The van der Waals surface area contributed by atoms with Crippen molar-refractivity contribution < 1.29 is 4.79 Å². The van der Waals surface area contributed by atoms with Gasteiger partial charge in [0, 0.05) is 35.5 Å². The van der Waals surface area contributed by atoms with Crippen LogP contribution in [-0.4, -0.2) is 26.2 Å². The molecule has 3 N–H and O–H groups in total. The first-order valence-corrected chi connectivity index (χ1v) is 6.58. The van der Waals surface area contributed by atoms with Gasteiger partial charge in [-0.2, -0.15) is 0 Å². The van der Waals surface area contributed by atoms with E-state index in [1.54, 1.807) is 18.6 Å². The van der Waals surface area contributed by atoms with Crippen molar-refractivity contribution in [3.63, 3.8) is 0 Å². The molecule has 2 heterocycles. The third-order valence-electron chi connectivity index (χ3n) is 2.49. The van der Waals surface area contributed by atoms with Crippen LogP contribution in [-0.2, 0) is 6.54 Å². The minimum atomic E-state index is 0.375. The fourth-order valence-electron chi connectivity index (χ4n) is 1.49. The fourth-order valence-corrected chi connectivity index (χ4v) is 1.62. The molecule has 0 fully saturated rings. The molecule has 6 nitrogen and oxygen atoms in total. The maximum atomic E-state index is 9.77. The van der Waals surface area contributed by atoms with Gasteiger partial charge >= 0.3 is 0 Å². The van der Waals surface area contributed by atoms with Crippen LogP contribution < -0.4 is 5.32 Å². The Kier molecular flexibility index (Phi) is 5.54. The zero-order chi connectivity index (χ0) is 14.9. The van der Waals surface area contributed by atoms with E-state index in [2.05, 4.69) is 25.3 Å². The van der Waals surface area contributed by atoms with Crippen molar-refractivity contribution in [1.29, 1.82) is 0 Å². The molecular weight excluding hydrogens is 290 g/mol. The molecule has 0 aliphatic carbocycles. The maximum Gasteiger partial charge on any atom is 0.185 e. The number of carbonyl (C=O) groups excluding carboxylic acids is 1. The number of anilines is 1. The van der Waals surface area contributed by atoms with E-state index in [0.717, 1.165) is 16.5 Å². The highest BCUT2D eigenvalue weighted by atomic mass is 35.5. The molecule has 3 rings (SSSR count). The minimum absolute atomic E-state index is 0.375. The van der Waals surface area contributed by atoms with Gasteiger partial charge in [0.1, 0.15) is 5.82 Å². The number of halogens is 1. The summed E-state index contributed by atoms with van der Waals surface area (Å²) in [4.78, 5) is 23.1. The molecule has 1 aromatic carbocycles. The van der Waals surface area contributed by atoms with Crippen LogP contribution in [0.2, 0.25) is 5.02 Å². The van der Waals surface area contributed by atoms with Gasteiger partial charge in [-0.3, -0.25) is 4.79 Å². The molecule has 21 heavy (non-hydrogen) atoms. The summed E-state index contributed by atoms with van der Waals surface area (Å²) in [7, 11) is 0. The number of aldehydes is 1. The van der Waals surface area contributed by atoms with Crippen molar-refractivity contribution in [3.05, 3.63) is 65.7 Å². The highest BCUT2D eigenvalue weighted by Gasteiger charge is 1.94. The van der Waals surface area contributed by atoms with E-state index >= 15 is 0 Å². The summed E-state index contributed by atoms with van der Waals surface area (Å²) in [5, 5.41) is 3.97. The third-order valence-corrected chi connectivity index (χ3v) is 2.74. The number of aromatic nitrogens is 4. The van der Waals surface area contributed by atoms with Gasteiger partial charge < -0.3 is 15.3 Å². The number of aromatic amines is 2. The lowest BCUT2D eigenvalue weighted by Crippen LogP contribution is -2.00. The molecule has 0 bridgehead atoms. The Hall–Kier alpha value is -2.60. The molecule has 0 amide bonds. The molecule has 0 radical (unpaired) electrons. The summed E-state index contributed by atoms with van der Waals surface area (Å²) in [6.45, 7) is 0.689. The zero-order valence-corrected chi connectivity index (χ0v) is 11.8. The van der Waals surface area contributed by atoms with E-state index in [4.69, 9.17) is 11.6 Å². The summed E-state index contributed by atoms with van der Waals surface area (Å²) >= 11 is 5.77. The first-order chi connectivity index (χ1) is 10.3. The summed E-state index contributed by atoms with van der Waals surface area (Å²) in [6.07, 6.45) is 7.34. The summed E-state index contributed by atoms with van der Waals surface area (Å²) in [5.74, 6) is 1.29. The monoisotopic (exact) mass is 303 g/mol. The van der Waals surface area contributed by atoms with E-state index in [9.17, 15) is 4.79 Å². The molecule has 108 valence electrons. The zero-order valence-electron chi connectivity index (χ0n) is 11.1. The number of hydrogen-bond acceptors (Lipinski definition) is 4. The number of hydrogen-bond donors (Lipinski definition) is 3. The van der Waals surface area contributed by atoms with Crippen molar-refractivity contribution in [2.75, 3.05) is 5.32 Å². The molecular formula is C14H14ClN5O. The second-order valence-corrected chi connectivity index (χ2v) is 4.43. The lowest BCUT2D eigenvalue weighted by molar-refractivity contribution is 0.111. The molecule has 0 saturated heterocycles. The summed E-state index contributed by atoms with van der Waals surface area (Å²) < 4.78 is 0. The van der Waals surface area contributed by atoms with Crippen LogP contribution >= 0.6 is 11.6 Å². The number of nitrogens with one attached hydrogen (secondary N) is 3. The minimum Gasteiger partial charge on any atom is -0.378 e. The predicted molar refractivity (Wildman–Crippen MR) is 81.3 cm³/mol. The van der Waals surface area contributed by atoms with Crippen LogP contribution in [0.25, 0.3) is 0 Å². The largest absolute Gasteiger partial charge is 0.378 e. The standard InChI is InChI=1S/C10H10ClN3.C4H4N2O/c11-8-1-3-9(4-2-8)14-7-10-12-5-6-13-10;7-3-4-5-1-2-6-4/h1-6,14H,7H2,(H,12,13);1-3H,(H,5,6). The second kappa shape index (κ2) is 7.86. The normalized spacial score (nSPS) is 9.57. The van der Waals surface area contributed by atoms with Crippen molar-refractivity contribution in [2.24, 2.45) is 0 Å². The van der Waals surface area contributed by atoms with Crippen molar-refractivity contribution in [3.8, 4) is 0 Å². The number of nitrogens with zero attached hydrogens (tertiary/aromatic N) is 2. The second-order valence-electron chi connectivity index (χ2n) is 3.99. The van der Waals surface area contributed by atoms with Gasteiger partial charge in [0.2, 0.25) is 0 Å². The van der Waals surface area contributed by atoms with Crippen molar-refractivity contribution in [1.82, 2.24) is 19.9 Å². The number of imidazole rings is 2. The number of rotatable bonds is 4.